The molecule has 1 aromatic rings. The summed E-state index contributed by atoms with van der Waals surface area (Å²) in [5.74, 6) is -1.03. The first-order valence-electron chi connectivity index (χ1n) is 6.36. The third-order valence-electron chi connectivity index (χ3n) is 2.66. The molecule has 1 rings (SSSR count). The van der Waals surface area contributed by atoms with E-state index < -0.39 is 28.0 Å². The number of sulfonamides is 1. The summed E-state index contributed by atoms with van der Waals surface area (Å²) in [5, 5.41) is 0. The Morgan fingerprint density at radius 3 is 2.24 bits per heavy atom. The highest BCUT2D eigenvalue weighted by molar-refractivity contribution is 7.89. The zero-order chi connectivity index (χ0) is 16.1. The number of benzene rings is 1. The summed E-state index contributed by atoms with van der Waals surface area (Å²) >= 11 is 0. The van der Waals surface area contributed by atoms with Crippen molar-refractivity contribution in [2.24, 2.45) is 5.41 Å². The van der Waals surface area contributed by atoms with Crippen LogP contribution in [0, 0.1) is 5.41 Å². The molecule has 0 atom stereocenters. The molecule has 0 bridgehead atoms. The van der Waals surface area contributed by atoms with E-state index in [9.17, 15) is 18.0 Å². The Bertz CT molecular complexity index is 602. The molecule has 0 unspecified atom stereocenters. The van der Waals surface area contributed by atoms with Gasteiger partial charge in [-0.05, 0) is 12.1 Å². The van der Waals surface area contributed by atoms with E-state index in [-0.39, 0.29) is 17.3 Å². The third-order valence-corrected chi connectivity index (χ3v) is 4.08. The summed E-state index contributed by atoms with van der Waals surface area (Å²) in [6.07, 6.45) is 0. The number of Topliss-reactive ketones (excluding diaryl/α,β-unsaturated/α-hetero) is 1. The van der Waals surface area contributed by atoms with Gasteiger partial charge in [0.2, 0.25) is 10.0 Å². The molecule has 0 aliphatic heterocycles. The monoisotopic (exact) mass is 313 g/mol. The predicted molar refractivity (Wildman–Crippen MR) is 77.1 cm³/mol. The number of carbonyl (C=O) groups excluding carboxylic acids is 2. The van der Waals surface area contributed by atoms with Crippen molar-refractivity contribution in [2.45, 2.75) is 25.7 Å². The lowest BCUT2D eigenvalue weighted by Gasteiger charge is -2.16. The highest BCUT2D eigenvalue weighted by Gasteiger charge is 2.23. The van der Waals surface area contributed by atoms with Gasteiger partial charge in [-0.1, -0.05) is 39.0 Å². The second-order valence-electron chi connectivity index (χ2n) is 5.47. The SMILES string of the molecule is CC(C)(C)C(=O)COC(=O)CNS(=O)(=O)c1ccccc1. The smallest absolute Gasteiger partial charge is 0.321 e. The lowest BCUT2D eigenvalue weighted by atomic mass is 9.91. The fourth-order valence-electron chi connectivity index (χ4n) is 1.25. The summed E-state index contributed by atoms with van der Waals surface area (Å²) in [6, 6.07) is 7.67. The van der Waals surface area contributed by atoms with Crippen molar-refractivity contribution in [3.63, 3.8) is 0 Å². The number of rotatable bonds is 6. The molecule has 21 heavy (non-hydrogen) atoms. The summed E-state index contributed by atoms with van der Waals surface area (Å²) < 4.78 is 30.6. The minimum Gasteiger partial charge on any atom is -0.457 e. The van der Waals surface area contributed by atoms with Crippen LogP contribution < -0.4 is 4.72 Å². The Morgan fingerprint density at radius 2 is 1.71 bits per heavy atom. The number of hydrogen-bond donors (Lipinski definition) is 1. The van der Waals surface area contributed by atoms with Crippen LogP contribution in [0.15, 0.2) is 35.2 Å². The number of ether oxygens (including phenoxy) is 1. The molecular weight excluding hydrogens is 294 g/mol. The number of esters is 1. The molecule has 0 radical (unpaired) electrons. The van der Waals surface area contributed by atoms with Gasteiger partial charge in [0, 0.05) is 5.41 Å². The molecular formula is C14H19NO5S. The predicted octanol–water partition coefficient (Wildman–Crippen LogP) is 1.12. The largest absolute Gasteiger partial charge is 0.457 e. The molecule has 1 aromatic carbocycles. The van der Waals surface area contributed by atoms with E-state index in [0.29, 0.717) is 0 Å². The van der Waals surface area contributed by atoms with Crippen LogP contribution in [0.2, 0.25) is 0 Å². The molecule has 0 aliphatic rings. The molecule has 0 saturated carbocycles. The van der Waals surface area contributed by atoms with Crippen LogP contribution in [-0.4, -0.2) is 33.3 Å². The maximum absolute atomic E-state index is 11.8. The van der Waals surface area contributed by atoms with Crippen molar-refractivity contribution in [3.8, 4) is 0 Å². The maximum atomic E-state index is 11.8. The first-order chi connectivity index (χ1) is 9.63. The van der Waals surface area contributed by atoms with Gasteiger partial charge in [-0.15, -0.1) is 0 Å². The van der Waals surface area contributed by atoms with E-state index in [1.165, 1.54) is 12.1 Å². The van der Waals surface area contributed by atoms with Crippen molar-refractivity contribution in [2.75, 3.05) is 13.2 Å². The molecule has 0 amide bonds. The Balaban J connectivity index is 2.49. The Morgan fingerprint density at radius 1 is 1.14 bits per heavy atom. The molecule has 0 fully saturated rings. The van der Waals surface area contributed by atoms with Gasteiger partial charge in [0.05, 0.1) is 4.90 Å². The van der Waals surface area contributed by atoms with Gasteiger partial charge in [0.1, 0.15) is 6.54 Å². The van der Waals surface area contributed by atoms with Gasteiger partial charge >= 0.3 is 5.97 Å². The summed E-state index contributed by atoms with van der Waals surface area (Å²) in [7, 11) is -3.76. The van der Waals surface area contributed by atoms with Crippen LogP contribution in [0.4, 0.5) is 0 Å². The minimum absolute atomic E-state index is 0.0589. The number of ketones is 1. The molecule has 1 N–H and O–H groups in total. The molecule has 0 saturated heterocycles. The van der Waals surface area contributed by atoms with Crippen LogP contribution in [0.3, 0.4) is 0 Å². The van der Waals surface area contributed by atoms with E-state index in [2.05, 4.69) is 4.72 Å². The van der Waals surface area contributed by atoms with Crippen LogP contribution in [0.1, 0.15) is 20.8 Å². The van der Waals surface area contributed by atoms with Gasteiger partial charge in [0.15, 0.2) is 12.4 Å². The molecule has 116 valence electrons. The lowest BCUT2D eigenvalue weighted by Crippen LogP contribution is -2.33. The summed E-state index contributed by atoms with van der Waals surface area (Å²) in [6.45, 7) is 4.24. The fraction of sp³-hybridized carbons (Fsp3) is 0.429. The quantitative estimate of drug-likeness (QED) is 0.795. The number of carbonyl (C=O) groups is 2. The Labute approximate surface area is 124 Å². The summed E-state index contributed by atoms with van der Waals surface area (Å²) in [4.78, 5) is 23.1. The van der Waals surface area contributed by atoms with Crippen molar-refractivity contribution < 1.29 is 22.7 Å². The van der Waals surface area contributed by atoms with Crippen molar-refractivity contribution >= 4 is 21.8 Å². The van der Waals surface area contributed by atoms with Crippen LogP contribution >= 0.6 is 0 Å². The fourth-order valence-corrected chi connectivity index (χ4v) is 2.24. The van der Waals surface area contributed by atoms with Crippen LogP contribution in [0.25, 0.3) is 0 Å². The van der Waals surface area contributed by atoms with Gasteiger partial charge in [-0.2, -0.15) is 4.72 Å². The van der Waals surface area contributed by atoms with E-state index in [1.807, 2.05) is 0 Å². The highest BCUT2D eigenvalue weighted by atomic mass is 32.2. The molecule has 6 nitrogen and oxygen atoms in total. The average Bonchev–Trinajstić information content (AvgIpc) is 2.42. The topological polar surface area (TPSA) is 89.5 Å². The lowest BCUT2D eigenvalue weighted by molar-refractivity contribution is -0.148. The van der Waals surface area contributed by atoms with Gasteiger partial charge in [-0.25, -0.2) is 8.42 Å². The van der Waals surface area contributed by atoms with E-state index in [0.717, 1.165) is 0 Å². The molecule has 0 heterocycles. The maximum Gasteiger partial charge on any atom is 0.321 e. The van der Waals surface area contributed by atoms with Crippen molar-refractivity contribution in [1.82, 2.24) is 4.72 Å². The van der Waals surface area contributed by atoms with Crippen LogP contribution in [-0.2, 0) is 24.3 Å². The third kappa shape index (κ3) is 5.65. The molecule has 7 heteroatoms. The standard InChI is InChI=1S/C14H19NO5S/c1-14(2,3)12(16)10-20-13(17)9-15-21(18,19)11-7-5-4-6-8-11/h4-8,15H,9-10H2,1-3H3. The zero-order valence-electron chi connectivity index (χ0n) is 12.3. The minimum atomic E-state index is -3.76. The highest BCUT2D eigenvalue weighted by Crippen LogP contribution is 2.14. The Kier molecular flexibility index (Phi) is 5.62. The van der Waals surface area contributed by atoms with E-state index in [4.69, 9.17) is 4.74 Å². The van der Waals surface area contributed by atoms with Crippen molar-refractivity contribution in [1.29, 1.82) is 0 Å². The van der Waals surface area contributed by atoms with Gasteiger partial charge in [0.25, 0.3) is 0 Å². The number of nitrogens with one attached hydrogen (secondary N) is 1. The number of hydrogen-bond acceptors (Lipinski definition) is 5. The Hall–Kier alpha value is -1.73. The second-order valence-corrected chi connectivity index (χ2v) is 7.24. The second kappa shape index (κ2) is 6.82. The van der Waals surface area contributed by atoms with Crippen LogP contribution in [0.5, 0.6) is 0 Å². The normalized spacial score (nSPS) is 12.0. The van der Waals surface area contributed by atoms with Gasteiger partial charge < -0.3 is 4.74 Å². The molecule has 0 aliphatic carbocycles. The van der Waals surface area contributed by atoms with Crippen molar-refractivity contribution in [3.05, 3.63) is 30.3 Å². The first-order valence-corrected chi connectivity index (χ1v) is 7.85. The zero-order valence-corrected chi connectivity index (χ0v) is 13.1. The average molecular weight is 313 g/mol. The first kappa shape index (κ1) is 17.3. The van der Waals surface area contributed by atoms with Gasteiger partial charge in [-0.3, -0.25) is 9.59 Å². The summed E-state index contributed by atoms with van der Waals surface area (Å²) in [5.41, 5.74) is -0.607. The molecule has 0 aromatic heterocycles. The van der Waals surface area contributed by atoms with E-state index >= 15 is 0 Å². The van der Waals surface area contributed by atoms with E-state index in [1.54, 1.807) is 39.0 Å². The molecule has 0 spiro atoms.